The number of methoxy groups -OCH3 is 1. The van der Waals surface area contributed by atoms with Gasteiger partial charge >= 0.3 is 5.97 Å². The van der Waals surface area contributed by atoms with E-state index in [1.807, 2.05) is 54.6 Å². The first kappa shape index (κ1) is 18.4. The maximum absolute atomic E-state index is 11.7. The molecular formula is C21H20N2O4. The van der Waals surface area contributed by atoms with Crippen molar-refractivity contribution in [2.45, 2.75) is 13.2 Å². The molecule has 6 nitrogen and oxygen atoms in total. The summed E-state index contributed by atoms with van der Waals surface area (Å²) in [6.07, 6.45) is 0. The molecule has 6 heteroatoms. The van der Waals surface area contributed by atoms with Gasteiger partial charge in [0.25, 0.3) is 0 Å². The van der Waals surface area contributed by atoms with Crippen molar-refractivity contribution in [1.29, 1.82) is 0 Å². The highest BCUT2D eigenvalue weighted by Gasteiger charge is 2.16. The second-order valence-electron chi connectivity index (χ2n) is 5.79. The predicted octanol–water partition coefficient (Wildman–Crippen LogP) is 3.10. The monoisotopic (exact) mass is 364 g/mol. The Morgan fingerprint density at radius 2 is 1.70 bits per heavy atom. The van der Waals surface area contributed by atoms with E-state index in [4.69, 9.17) is 4.42 Å². The molecule has 0 unspecified atom stereocenters. The number of hydrazone groups is 1. The SMILES string of the molecule is COC(=O)c1ccc(/C(=N\NCc2ccccc2)c2ccc(CO)cc2)o1. The highest BCUT2D eigenvalue weighted by molar-refractivity contribution is 6.11. The van der Waals surface area contributed by atoms with Crippen LogP contribution < -0.4 is 5.43 Å². The topological polar surface area (TPSA) is 84.1 Å². The number of nitrogens with zero attached hydrogens (tertiary/aromatic N) is 1. The number of hydrogen-bond donors (Lipinski definition) is 2. The lowest BCUT2D eigenvalue weighted by atomic mass is 10.1. The molecule has 0 radical (unpaired) electrons. The average molecular weight is 364 g/mol. The Morgan fingerprint density at radius 3 is 2.37 bits per heavy atom. The van der Waals surface area contributed by atoms with E-state index in [-0.39, 0.29) is 12.4 Å². The van der Waals surface area contributed by atoms with Crippen LogP contribution in [0.3, 0.4) is 0 Å². The summed E-state index contributed by atoms with van der Waals surface area (Å²) in [5.41, 5.74) is 6.26. The molecule has 0 aliphatic rings. The highest BCUT2D eigenvalue weighted by atomic mass is 16.5. The molecule has 0 saturated carbocycles. The third-order valence-electron chi connectivity index (χ3n) is 3.95. The van der Waals surface area contributed by atoms with Crippen molar-refractivity contribution in [2.75, 3.05) is 7.11 Å². The second kappa shape index (κ2) is 8.82. The number of ether oxygens (including phenoxy) is 1. The van der Waals surface area contributed by atoms with Gasteiger partial charge in [0.1, 0.15) is 5.71 Å². The van der Waals surface area contributed by atoms with Crippen LogP contribution in [0.1, 0.15) is 33.0 Å². The fourth-order valence-electron chi connectivity index (χ4n) is 2.51. The van der Waals surface area contributed by atoms with Crippen molar-refractivity contribution >= 4 is 11.7 Å². The molecule has 2 aromatic carbocycles. The molecule has 0 fully saturated rings. The Labute approximate surface area is 157 Å². The minimum atomic E-state index is -0.548. The Bertz CT molecular complexity index is 915. The van der Waals surface area contributed by atoms with Gasteiger partial charge in [-0.1, -0.05) is 54.6 Å². The molecule has 3 aromatic rings. The molecule has 0 saturated heterocycles. The fraction of sp³-hybridized carbons (Fsp3) is 0.143. The van der Waals surface area contributed by atoms with Gasteiger partial charge in [-0.15, -0.1) is 0 Å². The van der Waals surface area contributed by atoms with Crippen LogP contribution in [0.5, 0.6) is 0 Å². The fourth-order valence-corrected chi connectivity index (χ4v) is 2.51. The molecule has 0 aliphatic carbocycles. The van der Waals surface area contributed by atoms with Gasteiger partial charge in [0.15, 0.2) is 5.76 Å². The molecule has 0 amide bonds. The smallest absolute Gasteiger partial charge is 0.373 e. The third kappa shape index (κ3) is 4.62. The van der Waals surface area contributed by atoms with Crippen molar-refractivity contribution < 1.29 is 19.1 Å². The number of carbonyl (C=O) groups is 1. The number of carbonyl (C=O) groups excluding carboxylic acids is 1. The summed E-state index contributed by atoms with van der Waals surface area (Å²) in [7, 11) is 1.30. The Balaban J connectivity index is 1.88. The summed E-state index contributed by atoms with van der Waals surface area (Å²) in [6, 6.07) is 20.4. The van der Waals surface area contributed by atoms with Crippen molar-refractivity contribution in [2.24, 2.45) is 5.10 Å². The highest BCUT2D eigenvalue weighted by Crippen LogP contribution is 2.16. The van der Waals surface area contributed by atoms with Gasteiger partial charge in [-0.2, -0.15) is 5.10 Å². The van der Waals surface area contributed by atoms with E-state index in [9.17, 15) is 9.90 Å². The van der Waals surface area contributed by atoms with E-state index in [2.05, 4.69) is 15.3 Å². The molecule has 0 spiro atoms. The van der Waals surface area contributed by atoms with Crippen molar-refractivity contribution in [3.05, 3.63) is 94.9 Å². The van der Waals surface area contributed by atoms with Gasteiger partial charge in [0, 0.05) is 5.56 Å². The Hall–Kier alpha value is -3.38. The summed E-state index contributed by atoms with van der Waals surface area (Å²) in [4.78, 5) is 11.7. The first-order valence-corrected chi connectivity index (χ1v) is 8.44. The summed E-state index contributed by atoms with van der Waals surface area (Å²) in [5, 5.41) is 13.7. The van der Waals surface area contributed by atoms with Crippen LogP contribution in [-0.2, 0) is 17.9 Å². The number of nitrogens with one attached hydrogen (secondary N) is 1. The van der Waals surface area contributed by atoms with Crippen molar-refractivity contribution in [3.63, 3.8) is 0 Å². The zero-order valence-corrected chi connectivity index (χ0v) is 14.9. The number of hydrogen-bond acceptors (Lipinski definition) is 6. The number of rotatable bonds is 7. The Kier molecular flexibility index (Phi) is 6.02. The maximum atomic E-state index is 11.7. The molecule has 1 aromatic heterocycles. The van der Waals surface area contributed by atoms with Crippen LogP contribution in [-0.4, -0.2) is 23.9 Å². The van der Waals surface area contributed by atoms with Crippen LogP contribution in [0.15, 0.2) is 76.2 Å². The number of aliphatic hydroxyl groups is 1. The summed E-state index contributed by atoms with van der Waals surface area (Å²) < 4.78 is 10.3. The van der Waals surface area contributed by atoms with Crippen LogP contribution in [0.4, 0.5) is 0 Å². The van der Waals surface area contributed by atoms with E-state index in [1.165, 1.54) is 7.11 Å². The minimum Gasteiger partial charge on any atom is -0.463 e. The summed E-state index contributed by atoms with van der Waals surface area (Å²) in [5.74, 6) is -0.00331. The lowest BCUT2D eigenvalue weighted by Crippen LogP contribution is -2.12. The van der Waals surface area contributed by atoms with Gasteiger partial charge in [0.2, 0.25) is 5.76 Å². The van der Waals surface area contributed by atoms with E-state index in [1.54, 1.807) is 12.1 Å². The number of furan rings is 1. The third-order valence-corrected chi connectivity index (χ3v) is 3.95. The lowest BCUT2D eigenvalue weighted by Gasteiger charge is -2.07. The number of esters is 1. The Morgan fingerprint density at radius 1 is 1.00 bits per heavy atom. The summed E-state index contributed by atoms with van der Waals surface area (Å²) >= 11 is 0. The maximum Gasteiger partial charge on any atom is 0.373 e. The number of benzene rings is 2. The van der Waals surface area contributed by atoms with E-state index in [0.717, 1.165) is 16.7 Å². The summed E-state index contributed by atoms with van der Waals surface area (Å²) in [6.45, 7) is 0.510. The van der Waals surface area contributed by atoms with Crippen molar-refractivity contribution in [3.8, 4) is 0 Å². The normalized spacial score (nSPS) is 11.3. The second-order valence-corrected chi connectivity index (χ2v) is 5.79. The van der Waals surface area contributed by atoms with E-state index < -0.39 is 5.97 Å². The zero-order valence-electron chi connectivity index (χ0n) is 14.9. The average Bonchev–Trinajstić information content (AvgIpc) is 3.21. The van der Waals surface area contributed by atoms with Crippen LogP contribution in [0, 0.1) is 0 Å². The van der Waals surface area contributed by atoms with Gasteiger partial charge in [-0.3, -0.25) is 0 Å². The van der Waals surface area contributed by atoms with Gasteiger partial charge in [-0.05, 0) is 23.3 Å². The molecule has 0 atom stereocenters. The van der Waals surface area contributed by atoms with E-state index >= 15 is 0 Å². The van der Waals surface area contributed by atoms with Crippen molar-refractivity contribution in [1.82, 2.24) is 5.43 Å². The van der Waals surface area contributed by atoms with Gasteiger partial charge in [0.05, 0.1) is 20.3 Å². The number of aliphatic hydroxyl groups excluding tert-OH is 1. The molecule has 27 heavy (non-hydrogen) atoms. The minimum absolute atomic E-state index is 0.0355. The molecular weight excluding hydrogens is 344 g/mol. The zero-order chi connectivity index (χ0) is 19.1. The van der Waals surface area contributed by atoms with Gasteiger partial charge < -0.3 is 19.7 Å². The van der Waals surface area contributed by atoms with E-state index in [0.29, 0.717) is 18.0 Å². The van der Waals surface area contributed by atoms with Crippen LogP contribution in [0.25, 0.3) is 0 Å². The lowest BCUT2D eigenvalue weighted by molar-refractivity contribution is 0.0564. The molecule has 1 heterocycles. The first-order chi connectivity index (χ1) is 13.2. The molecule has 138 valence electrons. The molecule has 2 N–H and O–H groups in total. The molecule has 3 rings (SSSR count). The predicted molar refractivity (Wildman–Crippen MR) is 101 cm³/mol. The quantitative estimate of drug-likeness (QED) is 0.382. The molecule has 0 aliphatic heterocycles. The standard InChI is InChI=1S/C21H20N2O4/c1-26-21(25)19-12-11-18(27-19)20(17-9-7-16(14-24)8-10-17)23-22-13-15-5-3-2-4-6-15/h2-12,22,24H,13-14H2,1H3/b23-20-. The first-order valence-electron chi connectivity index (χ1n) is 8.44. The van der Waals surface area contributed by atoms with Crippen LogP contribution >= 0.6 is 0 Å². The van der Waals surface area contributed by atoms with Gasteiger partial charge in [-0.25, -0.2) is 4.79 Å². The van der Waals surface area contributed by atoms with Crippen LogP contribution in [0.2, 0.25) is 0 Å². The largest absolute Gasteiger partial charge is 0.463 e. The molecule has 0 bridgehead atoms.